The topological polar surface area (TPSA) is 84.9 Å². The molecule has 3 aromatic rings. The highest BCUT2D eigenvalue weighted by Gasteiger charge is 2.25. The van der Waals surface area contributed by atoms with E-state index in [-0.39, 0.29) is 30.2 Å². The minimum Gasteiger partial charge on any atom is -0.504 e. The van der Waals surface area contributed by atoms with E-state index in [1.807, 2.05) is 48.5 Å². The van der Waals surface area contributed by atoms with E-state index in [2.05, 4.69) is 11.4 Å². The lowest BCUT2D eigenvalue weighted by molar-refractivity contribution is -0.149. The molecule has 0 unspecified atom stereocenters. The van der Waals surface area contributed by atoms with Crippen molar-refractivity contribution >= 4 is 17.6 Å². The summed E-state index contributed by atoms with van der Waals surface area (Å²) in [5.41, 5.74) is 3.67. The molecule has 1 aliphatic carbocycles. The second-order valence-electron chi connectivity index (χ2n) is 8.98. The summed E-state index contributed by atoms with van der Waals surface area (Å²) in [6.07, 6.45) is 4.00. The fourth-order valence-corrected chi connectivity index (χ4v) is 4.60. The van der Waals surface area contributed by atoms with Gasteiger partial charge in [0.2, 0.25) is 5.91 Å². The summed E-state index contributed by atoms with van der Waals surface area (Å²) in [7, 11) is 1.48. The Morgan fingerprint density at radius 2 is 1.66 bits per heavy atom. The van der Waals surface area contributed by atoms with Crippen LogP contribution in [0.4, 0.5) is 5.69 Å². The molecule has 6 heteroatoms. The zero-order valence-electron chi connectivity index (χ0n) is 19.9. The van der Waals surface area contributed by atoms with Gasteiger partial charge in [-0.15, -0.1) is 0 Å². The number of hydrogen-bond donors (Lipinski definition) is 2. The number of phenols is 1. The van der Waals surface area contributed by atoms with E-state index in [4.69, 9.17) is 9.47 Å². The maximum absolute atomic E-state index is 12.6. The Hall–Kier alpha value is -3.80. The van der Waals surface area contributed by atoms with E-state index in [1.165, 1.54) is 18.7 Å². The van der Waals surface area contributed by atoms with Crippen molar-refractivity contribution in [1.29, 1.82) is 0 Å². The number of aromatic hydroxyl groups is 1. The van der Waals surface area contributed by atoms with E-state index in [1.54, 1.807) is 12.1 Å². The molecule has 1 fully saturated rings. The summed E-state index contributed by atoms with van der Waals surface area (Å²) in [6.45, 7) is 0. The first-order valence-electron chi connectivity index (χ1n) is 12.0. The third-order valence-corrected chi connectivity index (χ3v) is 6.41. The Morgan fingerprint density at radius 1 is 0.886 bits per heavy atom. The van der Waals surface area contributed by atoms with Crippen molar-refractivity contribution in [3.8, 4) is 11.5 Å². The van der Waals surface area contributed by atoms with Crippen molar-refractivity contribution in [3.63, 3.8) is 0 Å². The van der Waals surface area contributed by atoms with E-state index in [0.717, 1.165) is 42.5 Å². The van der Waals surface area contributed by atoms with Crippen LogP contribution in [0.1, 0.15) is 48.3 Å². The first-order chi connectivity index (χ1) is 17.0. The minimum atomic E-state index is -0.171. The fraction of sp³-hybridized carbons (Fsp3) is 0.310. The lowest BCUT2D eigenvalue weighted by Crippen LogP contribution is -2.24. The Morgan fingerprint density at radius 3 is 2.40 bits per heavy atom. The summed E-state index contributed by atoms with van der Waals surface area (Å²) < 4.78 is 10.8. The average molecular weight is 474 g/mol. The Balaban J connectivity index is 1.27. The number of methoxy groups -OCH3 is 1. The maximum Gasteiger partial charge on any atom is 0.310 e. The highest BCUT2D eigenvalue weighted by molar-refractivity contribution is 5.92. The number of amides is 1. The van der Waals surface area contributed by atoms with Gasteiger partial charge >= 0.3 is 5.97 Å². The number of phenolic OH excluding ortho intramolecular Hbond substituents is 1. The summed E-state index contributed by atoms with van der Waals surface area (Å²) in [4.78, 5) is 24.8. The monoisotopic (exact) mass is 473 g/mol. The lowest BCUT2D eigenvalue weighted by Gasteiger charge is -2.29. The number of hydrogen-bond acceptors (Lipinski definition) is 5. The van der Waals surface area contributed by atoms with Crippen LogP contribution < -0.4 is 10.1 Å². The summed E-state index contributed by atoms with van der Waals surface area (Å²) in [5.74, 6) is 0.459. The highest BCUT2D eigenvalue weighted by Crippen LogP contribution is 2.35. The third kappa shape index (κ3) is 6.85. The zero-order chi connectivity index (χ0) is 24.6. The van der Waals surface area contributed by atoms with Crippen molar-refractivity contribution in [3.05, 3.63) is 89.5 Å². The number of rotatable bonds is 8. The van der Waals surface area contributed by atoms with E-state index >= 15 is 0 Å². The van der Waals surface area contributed by atoms with Crippen LogP contribution in [0.5, 0.6) is 11.5 Å². The highest BCUT2D eigenvalue weighted by atomic mass is 16.5. The average Bonchev–Trinajstić information content (AvgIpc) is 2.86. The molecule has 0 bridgehead atoms. The molecule has 0 aliphatic heterocycles. The molecular weight excluding hydrogens is 442 g/mol. The van der Waals surface area contributed by atoms with Crippen molar-refractivity contribution in [2.45, 2.75) is 50.5 Å². The quantitative estimate of drug-likeness (QED) is 0.428. The first-order valence-corrected chi connectivity index (χ1v) is 12.0. The standard InChI is InChI=1S/C29H31NO5/c1-34-27-16-21(10-15-26(27)31)17-28(32)30-24-9-5-8-23(19-24)22-11-13-25(14-12-22)35-29(33)18-20-6-3-2-4-7-20/h2-10,15-16,19,22,25,31H,11-14,17-18H2,1H3,(H,30,32). The van der Waals surface area contributed by atoms with Gasteiger partial charge in [0.05, 0.1) is 20.0 Å². The van der Waals surface area contributed by atoms with E-state index < -0.39 is 0 Å². The SMILES string of the molecule is COc1cc(CC(=O)Nc2cccc(C3CCC(OC(=O)Cc4ccccc4)CC3)c2)ccc1O. The predicted molar refractivity (Wildman–Crippen MR) is 135 cm³/mol. The van der Waals surface area contributed by atoms with Crippen molar-refractivity contribution in [2.24, 2.45) is 0 Å². The van der Waals surface area contributed by atoms with Crippen molar-refractivity contribution in [1.82, 2.24) is 0 Å². The molecule has 35 heavy (non-hydrogen) atoms. The number of benzene rings is 3. The van der Waals surface area contributed by atoms with Crippen LogP contribution in [0.15, 0.2) is 72.8 Å². The number of carbonyl (C=O) groups excluding carboxylic acids is 2. The van der Waals surface area contributed by atoms with Crippen LogP contribution in [0, 0.1) is 0 Å². The molecule has 0 radical (unpaired) electrons. The van der Waals surface area contributed by atoms with Crippen LogP contribution in [-0.2, 0) is 27.2 Å². The van der Waals surface area contributed by atoms with Gasteiger partial charge in [-0.3, -0.25) is 9.59 Å². The Kier molecular flexibility index (Phi) is 8.03. The van der Waals surface area contributed by atoms with Crippen LogP contribution in [0.3, 0.4) is 0 Å². The maximum atomic E-state index is 12.6. The zero-order valence-corrected chi connectivity index (χ0v) is 19.9. The molecule has 6 nitrogen and oxygen atoms in total. The predicted octanol–water partition coefficient (Wildman–Crippen LogP) is 5.39. The molecule has 2 N–H and O–H groups in total. The van der Waals surface area contributed by atoms with Crippen LogP contribution in [0.25, 0.3) is 0 Å². The lowest BCUT2D eigenvalue weighted by atomic mass is 9.82. The summed E-state index contributed by atoms with van der Waals surface area (Å²) in [6, 6.07) is 22.5. The van der Waals surface area contributed by atoms with E-state index in [0.29, 0.717) is 18.1 Å². The molecule has 182 valence electrons. The first kappa shape index (κ1) is 24.3. The fourth-order valence-electron chi connectivity index (χ4n) is 4.60. The Labute approximate surface area is 205 Å². The molecule has 0 saturated heterocycles. The smallest absolute Gasteiger partial charge is 0.310 e. The van der Waals surface area contributed by atoms with Gasteiger partial charge in [0, 0.05) is 5.69 Å². The van der Waals surface area contributed by atoms with Crippen molar-refractivity contribution in [2.75, 3.05) is 12.4 Å². The molecule has 3 aromatic carbocycles. The minimum absolute atomic E-state index is 0.0346. The van der Waals surface area contributed by atoms with Gasteiger partial charge in [0.25, 0.3) is 0 Å². The Bertz CT molecular complexity index is 1150. The normalized spacial score (nSPS) is 17.4. The number of carbonyl (C=O) groups is 2. The summed E-state index contributed by atoms with van der Waals surface area (Å²) >= 11 is 0. The van der Waals surface area contributed by atoms with Gasteiger partial charge in [0.1, 0.15) is 6.10 Å². The van der Waals surface area contributed by atoms with Gasteiger partial charge in [0.15, 0.2) is 11.5 Å². The molecule has 4 rings (SSSR count). The number of esters is 1. The third-order valence-electron chi connectivity index (χ3n) is 6.41. The molecule has 1 amide bonds. The van der Waals surface area contributed by atoms with Gasteiger partial charge in [-0.25, -0.2) is 0 Å². The van der Waals surface area contributed by atoms with Gasteiger partial charge in [-0.2, -0.15) is 0 Å². The van der Waals surface area contributed by atoms with Gasteiger partial charge in [-0.1, -0.05) is 48.5 Å². The summed E-state index contributed by atoms with van der Waals surface area (Å²) in [5, 5.41) is 12.7. The molecule has 1 saturated carbocycles. The molecular formula is C29H31NO5. The van der Waals surface area contributed by atoms with Crippen molar-refractivity contribution < 1.29 is 24.2 Å². The van der Waals surface area contributed by atoms with Crippen LogP contribution in [-0.4, -0.2) is 30.2 Å². The van der Waals surface area contributed by atoms with Crippen LogP contribution in [0.2, 0.25) is 0 Å². The molecule has 0 atom stereocenters. The number of anilines is 1. The molecule has 0 spiro atoms. The second-order valence-corrected chi connectivity index (χ2v) is 8.98. The largest absolute Gasteiger partial charge is 0.504 e. The number of ether oxygens (including phenoxy) is 2. The molecule has 0 heterocycles. The van der Waals surface area contributed by atoms with E-state index in [9.17, 15) is 14.7 Å². The molecule has 1 aliphatic rings. The van der Waals surface area contributed by atoms with Gasteiger partial charge < -0.3 is 19.9 Å². The molecule has 0 aromatic heterocycles. The second kappa shape index (κ2) is 11.6. The number of nitrogens with one attached hydrogen (secondary N) is 1. The van der Waals surface area contributed by atoms with Crippen LogP contribution >= 0.6 is 0 Å². The van der Waals surface area contributed by atoms with Gasteiger partial charge in [-0.05, 0) is 72.6 Å².